The van der Waals surface area contributed by atoms with E-state index in [4.69, 9.17) is 10.2 Å². The van der Waals surface area contributed by atoms with Crippen molar-refractivity contribution in [1.29, 1.82) is 0 Å². The largest absolute Gasteiger partial charge is 0.480 e. The first-order valence-corrected chi connectivity index (χ1v) is 6.27. The van der Waals surface area contributed by atoms with E-state index in [0.717, 1.165) is 6.42 Å². The number of carbonyl (C=O) groups is 2. The molecule has 0 aromatic carbocycles. The molecule has 1 aliphatic heterocycles. The first kappa shape index (κ1) is 14.8. The van der Waals surface area contributed by atoms with Gasteiger partial charge in [0.1, 0.15) is 0 Å². The molecule has 1 saturated heterocycles. The van der Waals surface area contributed by atoms with Gasteiger partial charge in [-0.05, 0) is 25.2 Å². The molecule has 0 aromatic rings. The van der Waals surface area contributed by atoms with Gasteiger partial charge < -0.3 is 20.4 Å². The summed E-state index contributed by atoms with van der Waals surface area (Å²) in [4.78, 5) is 24.4. The number of nitrogens with zero attached hydrogens (tertiary/aromatic N) is 1. The van der Waals surface area contributed by atoms with Crippen LogP contribution in [0.2, 0.25) is 0 Å². The number of carboxylic acids is 1. The summed E-state index contributed by atoms with van der Waals surface area (Å²) in [6.45, 7) is 6.14. The number of hydrogen-bond donors (Lipinski definition) is 3. The van der Waals surface area contributed by atoms with Crippen LogP contribution in [-0.4, -0.2) is 52.3 Å². The molecular formula is C12H22N2O4. The number of likely N-dealkylation sites (tertiary alicyclic amines) is 1. The van der Waals surface area contributed by atoms with E-state index in [9.17, 15) is 9.59 Å². The maximum Gasteiger partial charge on any atom is 0.328 e. The Hall–Kier alpha value is -1.30. The van der Waals surface area contributed by atoms with Gasteiger partial charge in [0, 0.05) is 12.6 Å². The molecule has 1 rings (SSSR count). The Balaban J connectivity index is 2.67. The fraction of sp³-hybridized carbons (Fsp3) is 0.833. The molecule has 6 nitrogen and oxygen atoms in total. The lowest BCUT2D eigenvalue weighted by molar-refractivity contribution is -0.140. The van der Waals surface area contributed by atoms with Gasteiger partial charge in [0.25, 0.3) is 0 Å². The third-order valence-electron chi connectivity index (χ3n) is 3.64. The van der Waals surface area contributed by atoms with E-state index >= 15 is 0 Å². The first-order valence-electron chi connectivity index (χ1n) is 6.27. The number of carboxylic acid groups (broad SMARTS) is 1. The summed E-state index contributed by atoms with van der Waals surface area (Å²) >= 11 is 0. The summed E-state index contributed by atoms with van der Waals surface area (Å²) in [5.74, 6) is -0.437. The van der Waals surface area contributed by atoms with Crippen LogP contribution >= 0.6 is 0 Å². The number of nitrogens with one attached hydrogen (secondary N) is 1. The molecular weight excluding hydrogens is 236 g/mol. The van der Waals surface area contributed by atoms with E-state index in [2.05, 4.69) is 19.2 Å². The van der Waals surface area contributed by atoms with E-state index in [0.29, 0.717) is 18.4 Å². The van der Waals surface area contributed by atoms with E-state index in [-0.39, 0.29) is 6.04 Å². The van der Waals surface area contributed by atoms with Crippen molar-refractivity contribution < 1.29 is 19.8 Å². The van der Waals surface area contributed by atoms with Gasteiger partial charge in [-0.25, -0.2) is 9.59 Å². The Morgan fingerprint density at radius 3 is 2.50 bits per heavy atom. The number of aliphatic hydroxyl groups excluding tert-OH is 1. The zero-order valence-electron chi connectivity index (χ0n) is 11.1. The van der Waals surface area contributed by atoms with Crippen molar-refractivity contribution in [2.45, 2.75) is 39.3 Å². The normalized spacial score (nSPS) is 29.8. The quantitative estimate of drug-likeness (QED) is 0.688. The van der Waals surface area contributed by atoms with Crippen molar-refractivity contribution in [3.05, 3.63) is 0 Å². The third-order valence-corrected chi connectivity index (χ3v) is 3.64. The molecule has 1 aliphatic rings. The smallest absolute Gasteiger partial charge is 0.328 e. The number of amides is 2. The molecule has 0 bridgehead atoms. The number of hydrogen-bond acceptors (Lipinski definition) is 3. The average Bonchev–Trinajstić information content (AvgIpc) is 2.29. The second kappa shape index (κ2) is 6.04. The molecule has 2 amide bonds. The Kier molecular flexibility index (Phi) is 4.95. The van der Waals surface area contributed by atoms with Gasteiger partial charge in [-0.3, -0.25) is 0 Å². The average molecular weight is 258 g/mol. The van der Waals surface area contributed by atoms with Gasteiger partial charge in [0.15, 0.2) is 6.04 Å². The standard InChI is InChI=1S/C12H22N2O4/c1-7-4-8(2)9(3)14(5-7)12(18)13-10(6-15)11(16)17/h7-10,15H,4-6H2,1-3H3,(H,13,18)(H,16,17)/t7?,8?,9?,10-/m0/s1. The third kappa shape index (κ3) is 3.35. The SMILES string of the molecule is CC1CC(C)C(C)N(C(=O)N[C@@H](CO)C(=O)O)C1. The minimum absolute atomic E-state index is 0.0781. The number of aliphatic hydroxyl groups is 1. The zero-order chi connectivity index (χ0) is 13.9. The second-order valence-electron chi connectivity index (χ2n) is 5.23. The number of piperidine rings is 1. The fourth-order valence-corrected chi connectivity index (χ4v) is 2.40. The lowest BCUT2D eigenvalue weighted by Crippen LogP contribution is -2.56. The van der Waals surface area contributed by atoms with Crippen LogP contribution in [0.15, 0.2) is 0 Å². The second-order valence-corrected chi connectivity index (χ2v) is 5.23. The Morgan fingerprint density at radius 2 is 2.00 bits per heavy atom. The summed E-state index contributed by atoms with van der Waals surface area (Å²) in [5, 5.41) is 20.0. The Bertz CT molecular complexity index is 321. The van der Waals surface area contributed by atoms with Crippen molar-refractivity contribution in [1.82, 2.24) is 10.2 Å². The predicted octanol–water partition coefficient (Wildman–Crippen LogP) is 0.508. The van der Waals surface area contributed by atoms with Crippen molar-refractivity contribution in [2.75, 3.05) is 13.2 Å². The maximum absolute atomic E-state index is 12.0. The molecule has 3 N–H and O–H groups in total. The molecule has 0 radical (unpaired) electrons. The minimum Gasteiger partial charge on any atom is -0.480 e. The van der Waals surface area contributed by atoms with Gasteiger partial charge in [0.2, 0.25) is 0 Å². The molecule has 1 heterocycles. The summed E-state index contributed by atoms with van der Waals surface area (Å²) in [7, 11) is 0. The summed E-state index contributed by atoms with van der Waals surface area (Å²) in [6.07, 6.45) is 1.06. The molecule has 6 heteroatoms. The molecule has 0 aliphatic carbocycles. The Labute approximate surface area is 107 Å². The maximum atomic E-state index is 12.0. The van der Waals surface area contributed by atoms with Gasteiger partial charge in [-0.2, -0.15) is 0 Å². The van der Waals surface area contributed by atoms with Crippen LogP contribution in [0.1, 0.15) is 27.2 Å². The van der Waals surface area contributed by atoms with Crippen LogP contribution in [-0.2, 0) is 4.79 Å². The number of aliphatic carboxylic acids is 1. The summed E-state index contributed by atoms with van der Waals surface area (Å²) in [6, 6.07) is -1.58. The van der Waals surface area contributed by atoms with Gasteiger partial charge >= 0.3 is 12.0 Å². The molecule has 4 atom stereocenters. The molecule has 0 saturated carbocycles. The van der Waals surface area contributed by atoms with Crippen molar-refractivity contribution in [2.24, 2.45) is 11.8 Å². The lowest BCUT2D eigenvalue weighted by atomic mass is 9.86. The van der Waals surface area contributed by atoms with Crippen LogP contribution in [0.5, 0.6) is 0 Å². The fourth-order valence-electron chi connectivity index (χ4n) is 2.40. The number of rotatable bonds is 3. The highest BCUT2D eigenvalue weighted by molar-refractivity contribution is 5.82. The van der Waals surface area contributed by atoms with Gasteiger partial charge in [-0.15, -0.1) is 0 Å². The monoisotopic (exact) mass is 258 g/mol. The molecule has 0 aromatic heterocycles. The van der Waals surface area contributed by atoms with Crippen molar-refractivity contribution >= 4 is 12.0 Å². The molecule has 104 valence electrons. The molecule has 1 fully saturated rings. The van der Waals surface area contributed by atoms with E-state index < -0.39 is 24.6 Å². The van der Waals surface area contributed by atoms with E-state index in [1.165, 1.54) is 0 Å². The van der Waals surface area contributed by atoms with Crippen LogP contribution in [0, 0.1) is 11.8 Å². The van der Waals surface area contributed by atoms with Crippen molar-refractivity contribution in [3.8, 4) is 0 Å². The lowest BCUT2D eigenvalue weighted by Gasteiger charge is -2.41. The molecule has 0 spiro atoms. The van der Waals surface area contributed by atoms with Crippen LogP contribution < -0.4 is 5.32 Å². The Morgan fingerprint density at radius 1 is 1.39 bits per heavy atom. The number of carbonyl (C=O) groups excluding carboxylic acids is 1. The van der Waals surface area contributed by atoms with Crippen LogP contribution in [0.4, 0.5) is 4.79 Å². The van der Waals surface area contributed by atoms with Gasteiger partial charge in [-0.1, -0.05) is 13.8 Å². The topological polar surface area (TPSA) is 89.9 Å². The van der Waals surface area contributed by atoms with E-state index in [1.807, 2.05) is 6.92 Å². The summed E-state index contributed by atoms with van der Waals surface area (Å²) < 4.78 is 0. The zero-order valence-corrected chi connectivity index (χ0v) is 11.1. The van der Waals surface area contributed by atoms with Gasteiger partial charge in [0.05, 0.1) is 6.61 Å². The molecule has 3 unspecified atom stereocenters. The highest BCUT2D eigenvalue weighted by Crippen LogP contribution is 2.26. The van der Waals surface area contributed by atoms with E-state index in [1.54, 1.807) is 4.90 Å². The first-order chi connectivity index (χ1) is 8.36. The van der Waals surface area contributed by atoms with Crippen molar-refractivity contribution in [3.63, 3.8) is 0 Å². The minimum atomic E-state index is -1.24. The van der Waals surface area contributed by atoms with Crippen LogP contribution in [0.3, 0.4) is 0 Å². The predicted molar refractivity (Wildman–Crippen MR) is 66.2 cm³/mol. The molecule has 18 heavy (non-hydrogen) atoms. The highest BCUT2D eigenvalue weighted by Gasteiger charge is 2.33. The van der Waals surface area contributed by atoms with Crippen LogP contribution in [0.25, 0.3) is 0 Å². The highest BCUT2D eigenvalue weighted by atomic mass is 16.4. The summed E-state index contributed by atoms with van der Waals surface area (Å²) in [5.41, 5.74) is 0. The number of urea groups is 1.